The quantitative estimate of drug-likeness (QED) is 0.868. The number of alkyl halides is 2. The van der Waals surface area contributed by atoms with Gasteiger partial charge in [0.15, 0.2) is 0 Å². The molecular weight excluding hydrogens is 296 g/mol. The summed E-state index contributed by atoms with van der Waals surface area (Å²) in [6, 6.07) is 1.34. The SMILES string of the molecule is C[C@@H]1CN(C(=O)O)C[C@H]2Cc3cc(CO)c(C(F)F)nc3N21. The number of aromatic nitrogens is 1. The van der Waals surface area contributed by atoms with E-state index < -0.39 is 24.8 Å². The number of fused-ring (bicyclic) bond motifs is 3. The van der Waals surface area contributed by atoms with Crippen molar-refractivity contribution in [2.75, 3.05) is 18.0 Å². The molecule has 3 rings (SSSR count). The molecule has 0 aromatic carbocycles. The summed E-state index contributed by atoms with van der Waals surface area (Å²) in [5, 5.41) is 18.4. The first kappa shape index (κ1) is 15.0. The molecule has 0 aliphatic carbocycles. The van der Waals surface area contributed by atoms with E-state index in [1.807, 2.05) is 11.8 Å². The van der Waals surface area contributed by atoms with Crippen LogP contribution in [0.25, 0.3) is 0 Å². The normalized spacial score (nSPS) is 23.7. The summed E-state index contributed by atoms with van der Waals surface area (Å²) >= 11 is 0. The Bertz CT molecular complexity index is 611. The van der Waals surface area contributed by atoms with Gasteiger partial charge in [-0.1, -0.05) is 0 Å². The summed E-state index contributed by atoms with van der Waals surface area (Å²) in [5.41, 5.74) is 0.531. The van der Waals surface area contributed by atoms with Crippen molar-refractivity contribution in [3.05, 3.63) is 22.9 Å². The predicted molar refractivity (Wildman–Crippen MR) is 74.1 cm³/mol. The number of amides is 1. The summed E-state index contributed by atoms with van der Waals surface area (Å²) in [4.78, 5) is 18.5. The van der Waals surface area contributed by atoms with Gasteiger partial charge in [0.2, 0.25) is 0 Å². The van der Waals surface area contributed by atoms with Gasteiger partial charge in [0.05, 0.1) is 12.6 Å². The molecule has 22 heavy (non-hydrogen) atoms. The highest BCUT2D eigenvalue weighted by Gasteiger charge is 2.41. The van der Waals surface area contributed by atoms with Crippen molar-refractivity contribution in [3.63, 3.8) is 0 Å². The van der Waals surface area contributed by atoms with Crippen LogP contribution in [-0.4, -0.2) is 51.4 Å². The summed E-state index contributed by atoms with van der Waals surface area (Å²) in [5.74, 6) is 0.495. The number of rotatable bonds is 2. The molecule has 0 radical (unpaired) electrons. The van der Waals surface area contributed by atoms with Crippen LogP contribution in [0.2, 0.25) is 0 Å². The lowest BCUT2D eigenvalue weighted by atomic mass is 10.1. The van der Waals surface area contributed by atoms with Gasteiger partial charge in [-0.05, 0) is 25.0 Å². The minimum Gasteiger partial charge on any atom is -0.465 e. The van der Waals surface area contributed by atoms with Crippen LogP contribution < -0.4 is 4.90 Å². The number of halogens is 2. The van der Waals surface area contributed by atoms with E-state index in [0.717, 1.165) is 5.56 Å². The standard InChI is InChI=1S/C14H17F2N3O3/c1-7-4-18(14(21)22)5-10-3-8-2-9(6-20)11(12(15)16)17-13(8)19(7)10/h2,7,10,12,20H,3-6H2,1H3,(H,21,22)/t7-,10-/m1/s1. The molecule has 1 aromatic heterocycles. The Kier molecular flexibility index (Phi) is 3.64. The minimum absolute atomic E-state index is 0.0955. The number of nitrogens with zero attached hydrogens (tertiary/aromatic N) is 3. The molecule has 1 saturated heterocycles. The van der Waals surface area contributed by atoms with Crippen molar-refractivity contribution in [1.82, 2.24) is 9.88 Å². The van der Waals surface area contributed by atoms with E-state index in [0.29, 0.717) is 25.3 Å². The molecule has 2 aliphatic rings. The molecule has 0 saturated carbocycles. The molecule has 8 heteroatoms. The van der Waals surface area contributed by atoms with Gasteiger partial charge in [0.25, 0.3) is 6.43 Å². The fraction of sp³-hybridized carbons (Fsp3) is 0.571. The molecule has 1 aromatic rings. The van der Waals surface area contributed by atoms with Gasteiger partial charge in [0.1, 0.15) is 11.5 Å². The number of piperazine rings is 1. The van der Waals surface area contributed by atoms with E-state index in [1.54, 1.807) is 6.07 Å². The van der Waals surface area contributed by atoms with Gasteiger partial charge in [-0.3, -0.25) is 0 Å². The maximum absolute atomic E-state index is 13.1. The average Bonchev–Trinajstić information content (AvgIpc) is 2.83. The highest BCUT2D eigenvalue weighted by molar-refractivity contribution is 5.67. The molecule has 0 spiro atoms. The third kappa shape index (κ3) is 2.27. The van der Waals surface area contributed by atoms with Crippen LogP contribution in [-0.2, 0) is 13.0 Å². The molecule has 1 fully saturated rings. The molecular formula is C14H17F2N3O3. The Morgan fingerprint density at radius 3 is 2.82 bits per heavy atom. The van der Waals surface area contributed by atoms with Gasteiger partial charge in [0, 0.05) is 24.7 Å². The summed E-state index contributed by atoms with van der Waals surface area (Å²) in [6.45, 7) is 2.02. The zero-order valence-electron chi connectivity index (χ0n) is 12.0. The number of aliphatic hydroxyl groups is 1. The molecule has 2 N–H and O–H groups in total. The first-order valence-corrected chi connectivity index (χ1v) is 7.10. The smallest absolute Gasteiger partial charge is 0.407 e. The Morgan fingerprint density at radius 1 is 1.50 bits per heavy atom. The Balaban J connectivity index is 1.98. The lowest BCUT2D eigenvalue weighted by Gasteiger charge is -2.42. The lowest BCUT2D eigenvalue weighted by Crippen LogP contribution is -2.58. The van der Waals surface area contributed by atoms with E-state index in [4.69, 9.17) is 5.11 Å². The fourth-order valence-corrected chi connectivity index (χ4v) is 3.43. The molecule has 0 unspecified atom stereocenters. The van der Waals surface area contributed by atoms with Crippen LogP contribution in [0.1, 0.15) is 30.2 Å². The van der Waals surface area contributed by atoms with Gasteiger partial charge >= 0.3 is 6.09 Å². The maximum Gasteiger partial charge on any atom is 0.407 e. The Labute approximate surface area is 126 Å². The monoisotopic (exact) mass is 313 g/mol. The van der Waals surface area contributed by atoms with Crippen molar-refractivity contribution in [1.29, 1.82) is 0 Å². The van der Waals surface area contributed by atoms with Crippen LogP contribution in [0.4, 0.5) is 19.4 Å². The van der Waals surface area contributed by atoms with Crippen LogP contribution in [0.3, 0.4) is 0 Å². The van der Waals surface area contributed by atoms with Gasteiger partial charge in [-0.25, -0.2) is 18.6 Å². The third-order valence-electron chi connectivity index (χ3n) is 4.32. The van der Waals surface area contributed by atoms with Crippen molar-refractivity contribution in [3.8, 4) is 0 Å². The first-order chi connectivity index (χ1) is 10.4. The topological polar surface area (TPSA) is 76.9 Å². The van der Waals surface area contributed by atoms with Gasteiger partial charge in [-0.15, -0.1) is 0 Å². The zero-order chi connectivity index (χ0) is 16.0. The largest absolute Gasteiger partial charge is 0.465 e. The van der Waals surface area contributed by atoms with Crippen LogP contribution in [0, 0.1) is 0 Å². The molecule has 120 valence electrons. The average molecular weight is 313 g/mol. The predicted octanol–water partition coefficient (Wildman–Crippen LogP) is 1.62. The van der Waals surface area contributed by atoms with Gasteiger partial charge in [-0.2, -0.15) is 0 Å². The second-order valence-electron chi connectivity index (χ2n) is 5.78. The Hall–Kier alpha value is -1.96. The number of pyridine rings is 1. The fourth-order valence-electron chi connectivity index (χ4n) is 3.43. The number of carbonyl (C=O) groups is 1. The minimum atomic E-state index is -2.75. The van der Waals surface area contributed by atoms with E-state index in [9.17, 15) is 18.7 Å². The number of hydrogen-bond donors (Lipinski definition) is 2. The molecule has 0 bridgehead atoms. The molecule has 3 heterocycles. The van der Waals surface area contributed by atoms with Crippen LogP contribution >= 0.6 is 0 Å². The van der Waals surface area contributed by atoms with Crippen LogP contribution in [0.5, 0.6) is 0 Å². The van der Waals surface area contributed by atoms with Crippen molar-refractivity contribution in [2.45, 2.75) is 38.5 Å². The second-order valence-corrected chi connectivity index (χ2v) is 5.78. The lowest BCUT2D eigenvalue weighted by molar-refractivity contribution is 0.128. The van der Waals surface area contributed by atoms with Crippen molar-refractivity contribution in [2.24, 2.45) is 0 Å². The third-order valence-corrected chi connectivity index (χ3v) is 4.32. The van der Waals surface area contributed by atoms with E-state index >= 15 is 0 Å². The van der Waals surface area contributed by atoms with Crippen molar-refractivity contribution < 1.29 is 23.8 Å². The summed E-state index contributed by atoms with van der Waals surface area (Å²) in [7, 11) is 0. The highest BCUT2D eigenvalue weighted by Crippen LogP contribution is 2.38. The molecule has 2 aliphatic heterocycles. The molecule has 2 atom stereocenters. The second kappa shape index (κ2) is 5.35. The molecule has 6 nitrogen and oxygen atoms in total. The van der Waals surface area contributed by atoms with E-state index in [-0.39, 0.29) is 17.6 Å². The maximum atomic E-state index is 13.1. The molecule has 1 amide bonds. The van der Waals surface area contributed by atoms with Gasteiger partial charge < -0.3 is 20.0 Å². The first-order valence-electron chi connectivity index (χ1n) is 7.10. The summed E-state index contributed by atoms with van der Waals surface area (Å²) < 4.78 is 26.2. The summed E-state index contributed by atoms with van der Waals surface area (Å²) in [6.07, 6.45) is -3.17. The number of carboxylic acid groups (broad SMARTS) is 1. The van der Waals surface area contributed by atoms with Crippen LogP contribution in [0.15, 0.2) is 6.07 Å². The highest BCUT2D eigenvalue weighted by atomic mass is 19.3. The van der Waals surface area contributed by atoms with Crippen molar-refractivity contribution >= 4 is 11.9 Å². The number of aliphatic hydroxyl groups excluding tert-OH is 1. The number of hydrogen-bond acceptors (Lipinski definition) is 4. The number of anilines is 1. The zero-order valence-corrected chi connectivity index (χ0v) is 12.0. The Morgan fingerprint density at radius 2 is 2.23 bits per heavy atom. The van der Waals surface area contributed by atoms with E-state index in [2.05, 4.69) is 4.98 Å². The van der Waals surface area contributed by atoms with E-state index in [1.165, 1.54) is 4.90 Å².